The van der Waals surface area contributed by atoms with Crippen molar-refractivity contribution in [2.75, 3.05) is 16.3 Å². The van der Waals surface area contributed by atoms with Gasteiger partial charge in [-0.3, -0.25) is 4.72 Å². The Morgan fingerprint density at radius 2 is 1.95 bits per heavy atom. The van der Waals surface area contributed by atoms with Gasteiger partial charge in [0.05, 0.1) is 11.9 Å². The largest absolute Gasteiger partial charge is 0.382 e. The molecule has 1 aliphatic carbocycles. The molecule has 2 rings (SSSR count). The molecule has 20 heavy (non-hydrogen) atoms. The summed E-state index contributed by atoms with van der Waals surface area (Å²) in [6, 6.07) is 4.79. The third kappa shape index (κ3) is 3.85. The molecule has 0 heterocycles. The highest BCUT2D eigenvalue weighted by atomic mass is 32.2. The Labute approximate surface area is 119 Å². The summed E-state index contributed by atoms with van der Waals surface area (Å²) in [6.07, 6.45) is 3.21. The first kappa shape index (κ1) is 15.1. The SMILES string of the molecule is CC(C)C1CC(Nc2ccc(F)c(NS(C)(=O)=O)c2)C1. The fraction of sp³-hybridized carbons (Fsp3) is 0.571. The van der Waals surface area contributed by atoms with E-state index in [1.807, 2.05) is 0 Å². The van der Waals surface area contributed by atoms with Crippen LogP contribution in [0.5, 0.6) is 0 Å². The summed E-state index contributed by atoms with van der Waals surface area (Å²) in [5.41, 5.74) is 0.724. The molecule has 0 aliphatic heterocycles. The molecule has 2 N–H and O–H groups in total. The minimum atomic E-state index is -3.47. The maximum atomic E-state index is 13.5. The number of nitrogens with one attached hydrogen (secondary N) is 2. The van der Waals surface area contributed by atoms with E-state index in [2.05, 4.69) is 23.9 Å². The maximum absolute atomic E-state index is 13.5. The van der Waals surface area contributed by atoms with Crippen LogP contribution in [0.2, 0.25) is 0 Å². The van der Waals surface area contributed by atoms with Crippen molar-refractivity contribution in [1.82, 2.24) is 0 Å². The van der Waals surface area contributed by atoms with Crippen LogP contribution in [0.1, 0.15) is 26.7 Å². The highest BCUT2D eigenvalue weighted by Gasteiger charge is 2.31. The lowest BCUT2D eigenvalue weighted by Gasteiger charge is -2.39. The number of sulfonamides is 1. The van der Waals surface area contributed by atoms with Crippen LogP contribution in [-0.4, -0.2) is 20.7 Å². The zero-order chi connectivity index (χ0) is 14.9. The summed E-state index contributed by atoms with van der Waals surface area (Å²) in [7, 11) is -3.47. The first-order chi connectivity index (χ1) is 9.24. The van der Waals surface area contributed by atoms with Gasteiger partial charge in [-0.2, -0.15) is 0 Å². The first-order valence-electron chi connectivity index (χ1n) is 6.78. The van der Waals surface area contributed by atoms with E-state index in [0.29, 0.717) is 12.0 Å². The van der Waals surface area contributed by atoms with Crippen molar-refractivity contribution >= 4 is 21.4 Å². The Morgan fingerprint density at radius 3 is 2.50 bits per heavy atom. The van der Waals surface area contributed by atoms with Crippen molar-refractivity contribution in [3.63, 3.8) is 0 Å². The molecule has 0 bridgehead atoms. The van der Waals surface area contributed by atoms with E-state index in [-0.39, 0.29) is 5.69 Å². The van der Waals surface area contributed by atoms with Crippen molar-refractivity contribution in [2.24, 2.45) is 11.8 Å². The maximum Gasteiger partial charge on any atom is 0.229 e. The molecule has 1 saturated carbocycles. The van der Waals surface area contributed by atoms with Gasteiger partial charge in [0.25, 0.3) is 0 Å². The summed E-state index contributed by atoms with van der Waals surface area (Å²) >= 11 is 0. The van der Waals surface area contributed by atoms with Crippen molar-refractivity contribution in [3.05, 3.63) is 24.0 Å². The zero-order valence-electron chi connectivity index (χ0n) is 12.0. The Balaban J connectivity index is 2.02. The molecule has 6 heteroatoms. The number of halogens is 1. The molecule has 0 saturated heterocycles. The number of rotatable bonds is 5. The molecule has 0 spiro atoms. The van der Waals surface area contributed by atoms with Gasteiger partial charge in [0.15, 0.2) is 0 Å². The Morgan fingerprint density at radius 1 is 1.30 bits per heavy atom. The summed E-state index contributed by atoms with van der Waals surface area (Å²) < 4.78 is 38.1. The predicted molar refractivity (Wildman–Crippen MR) is 79.8 cm³/mol. The fourth-order valence-corrected chi connectivity index (χ4v) is 3.01. The summed E-state index contributed by atoms with van der Waals surface area (Å²) in [5.74, 6) is 0.847. The zero-order valence-corrected chi connectivity index (χ0v) is 12.8. The predicted octanol–water partition coefficient (Wildman–Crippen LogP) is 3.04. The molecule has 0 aromatic heterocycles. The Kier molecular flexibility index (Phi) is 4.22. The van der Waals surface area contributed by atoms with Crippen LogP contribution in [0.3, 0.4) is 0 Å². The second kappa shape index (κ2) is 5.60. The average molecular weight is 300 g/mol. The van der Waals surface area contributed by atoms with E-state index in [1.54, 1.807) is 6.07 Å². The van der Waals surface area contributed by atoms with Crippen molar-refractivity contribution in [1.29, 1.82) is 0 Å². The van der Waals surface area contributed by atoms with Crippen LogP contribution in [0.4, 0.5) is 15.8 Å². The quantitative estimate of drug-likeness (QED) is 0.878. The molecule has 0 atom stereocenters. The van der Waals surface area contributed by atoms with E-state index in [9.17, 15) is 12.8 Å². The molecule has 1 aromatic rings. The standard InChI is InChI=1S/C14H21FN2O2S/c1-9(2)10-6-12(7-10)16-11-4-5-13(15)14(8-11)17-20(3,18)19/h4-5,8-10,12,16-17H,6-7H2,1-3H3. The lowest BCUT2D eigenvalue weighted by atomic mass is 9.73. The molecule has 1 aliphatic rings. The van der Waals surface area contributed by atoms with Crippen molar-refractivity contribution < 1.29 is 12.8 Å². The minimum Gasteiger partial charge on any atom is -0.382 e. The smallest absolute Gasteiger partial charge is 0.229 e. The Hall–Kier alpha value is -1.30. The van der Waals surface area contributed by atoms with E-state index < -0.39 is 15.8 Å². The summed E-state index contributed by atoms with van der Waals surface area (Å²) in [6.45, 7) is 4.43. The lowest BCUT2D eigenvalue weighted by molar-refractivity contribution is 0.212. The molecule has 0 unspecified atom stereocenters. The number of hydrogen-bond donors (Lipinski definition) is 2. The fourth-order valence-electron chi connectivity index (χ4n) is 2.45. The highest BCUT2D eigenvalue weighted by molar-refractivity contribution is 7.92. The van der Waals surface area contributed by atoms with Gasteiger partial charge >= 0.3 is 0 Å². The third-order valence-electron chi connectivity index (χ3n) is 3.75. The molecule has 1 aromatic carbocycles. The summed E-state index contributed by atoms with van der Waals surface area (Å²) in [5, 5.41) is 3.32. The van der Waals surface area contributed by atoms with E-state index in [0.717, 1.165) is 30.7 Å². The van der Waals surface area contributed by atoms with E-state index in [4.69, 9.17) is 0 Å². The second-order valence-corrected chi connectivity index (χ2v) is 7.63. The van der Waals surface area contributed by atoms with E-state index >= 15 is 0 Å². The third-order valence-corrected chi connectivity index (χ3v) is 4.34. The van der Waals surface area contributed by atoms with Crippen LogP contribution in [0, 0.1) is 17.7 Å². The van der Waals surface area contributed by atoms with Crippen LogP contribution in [0.25, 0.3) is 0 Å². The molecular weight excluding hydrogens is 279 g/mol. The van der Waals surface area contributed by atoms with Gasteiger partial charge in [-0.1, -0.05) is 13.8 Å². The van der Waals surface area contributed by atoms with Crippen LogP contribution in [-0.2, 0) is 10.0 Å². The van der Waals surface area contributed by atoms with Gasteiger partial charge < -0.3 is 5.32 Å². The normalized spacial score (nSPS) is 22.4. The second-order valence-electron chi connectivity index (χ2n) is 5.89. The number of benzene rings is 1. The van der Waals surface area contributed by atoms with Gasteiger partial charge in [-0.15, -0.1) is 0 Å². The molecule has 0 radical (unpaired) electrons. The first-order valence-corrected chi connectivity index (χ1v) is 8.67. The van der Waals surface area contributed by atoms with Gasteiger partial charge in [0, 0.05) is 11.7 Å². The molecule has 112 valence electrons. The van der Waals surface area contributed by atoms with Crippen molar-refractivity contribution in [3.8, 4) is 0 Å². The van der Waals surface area contributed by atoms with Gasteiger partial charge in [-0.25, -0.2) is 12.8 Å². The van der Waals surface area contributed by atoms with Gasteiger partial charge in [0.1, 0.15) is 5.82 Å². The van der Waals surface area contributed by atoms with Crippen LogP contribution < -0.4 is 10.0 Å². The summed E-state index contributed by atoms with van der Waals surface area (Å²) in [4.78, 5) is 0. The highest BCUT2D eigenvalue weighted by Crippen LogP contribution is 2.35. The Bertz CT molecular complexity index is 581. The van der Waals surface area contributed by atoms with Crippen LogP contribution >= 0.6 is 0 Å². The number of anilines is 2. The minimum absolute atomic E-state index is 0.0165. The van der Waals surface area contributed by atoms with E-state index in [1.165, 1.54) is 12.1 Å². The average Bonchev–Trinajstić information content (AvgIpc) is 2.24. The van der Waals surface area contributed by atoms with Gasteiger partial charge in [0.2, 0.25) is 10.0 Å². The molecule has 4 nitrogen and oxygen atoms in total. The topological polar surface area (TPSA) is 58.2 Å². The van der Waals surface area contributed by atoms with Crippen LogP contribution in [0.15, 0.2) is 18.2 Å². The monoisotopic (exact) mass is 300 g/mol. The number of hydrogen-bond acceptors (Lipinski definition) is 3. The molecule has 1 fully saturated rings. The van der Waals surface area contributed by atoms with Gasteiger partial charge in [-0.05, 0) is 42.9 Å². The lowest BCUT2D eigenvalue weighted by Crippen LogP contribution is -2.37. The molecule has 0 amide bonds. The van der Waals surface area contributed by atoms with Crippen molar-refractivity contribution in [2.45, 2.75) is 32.7 Å². The molecular formula is C14H21FN2O2S.